The Balaban J connectivity index is 1.99. The van der Waals surface area contributed by atoms with Gasteiger partial charge in [0, 0.05) is 12.3 Å². The monoisotopic (exact) mass is 188 g/mol. The molecule has 0 radical (unpaired) electrons. The molecule has 76 valence electrons. The highest BCUT2D eigenvalue weighted by atomic mass is 14.2. The third-order valence-electron chi connectivity index (χ3n) is 3.41. The zero-order valence-corrected chi connectivity index (χ0v) is 8.97. The highest BCUT2D eigenvalue weighted by molar-refractivity contribution is 5.10. The molecule has 0 spiro atoms. The Hall–Kier alpha value is -0.700. The first-order chi connectivity index (χ1) is 6.97. The van der Waals surface area contributed by atoms with Crippen LogP contribution in [-0.4, -0.2) is 0 Å². The van der Waals surface area contributed by atoms with Crippen LogP contribution in [0, 0.1) is 23.7 Å². The maximum Gasteiger partial charge on any atom is 0.0265 e. The Morgan fingerprint density at radius 2 is 1.93 bits per heavy atom. The fraction of sp³-hybridized carbons (Fsp3) is 0.714. The molecule has 0 saturated heterocycles. The maximum atomic E-state index is 3.48. The van der Waals surface area contributed by atoms with Crippen LogP contribution >= 0.6 is 0 Å². The van der Waals surface area contributed by atoms with Crippen LogP contribution in [0.1, 0.15) is 51.4 Å². The van der Waals surface area contributed by atoms with E-state index >= 15 is 0 Å². The van der Waals surface area contributed by atoms with Gasteiger partial charge in [0.15, 0.2) is 0 Å². The number of hydrogen-bond acceptors (Lipinski definition) is 0. The largest absolute Gasteiger partial charge is 0.103 e. The Bertz CT molecular complexity index is 251. The van der Waals surface area contributed by atoms with Crippen LogP contribution in [0.4, 0.5) is 0 Å². The summed E-state index contributed by atoms with van der Waals surface area (Å²) in [7, 11) is 0. The highest BCUT2D eigenvalue weighted by Gasteiger charge is 2.18. The van der Waals surface area contributed by atoms with Gasteiger partial charge in [0.25, 0.3) is 0 Å². The zero-order valence-electron chi connectivity index (χ0n) is 8.97. The summed E-state index contributed by atoms with van der Waals surface area (Å²) in [6.45, 7) is 0. The van der Waals surface area contributed by atoms with Crippen molar-refractivity contribution in [2.45, 2.75) is 51.4 Å². The quantitative estimate of drug-likeness (QED) is 0.432. The van der Waals surface area contributed by atoms with Gasteiger partial charge in [-0.15, -0.1) is 5.92 Å². The molecule has 2 rings (SSSR count). The second-order valence-corrected chi connectivity index (χ2v) is 4.55. The molecule has 0 heteroatoms. The van der Waals surface area contributed by atoms with Gasteiger partial charge in [-0.25, -0.2) is 0 Å². The summed E-state index contributed by atoms with van der Waals surface area (Å²) in [4.78, 5) is 0. The van der Waals surface area contributed by atoms with Gasteiger partial charge in [-0.1, -0.05) is 30.9 Å². The van der Waals surface area contributed by atoms with Crippen molar-refractivity contribution < 1.29 is 0 Å². The lowest BCUT2D eigenvalue weighted by molar-refractivity contribution is 0.416. The van der Waals surface area contributed by atoms with Crippen molar-refractivity contribution in [3.05, 3.63) is 12.2 Å². The minimum absolute atomic E-state index is 0.673. The second kappa shape index (κ2) is 5.25. The summed E-state index contributed by atoms with van der Waals surface area (Å²) in [5.74, 6) is 8.25. The SMILES string of the molecule is C1#CC(C2C=CCCCC2)CCCC1. The topological polar surface area (TPSA) is 0 Å². The number of hydrogen-bond donors (Lipinski definition) is 0. The standard InChI is InChI=1S/C14H20/c1-2-6-10-13(9-5-1)14-11-7-3-4-8-12-14/h5,9,13-14H,1-4,6-7,10-11H2. The van der Waals surface area contributed by atoms with E-state index in [0.29, 0.717) is 5.92 Å². The lowest BCUT2D eigenvalue weighted by Gasteiger charge is -2.18. The molecule has 14 heavy (non-hydrogen) atoms. The highest BCUT2D eigenvalue weighted by Crippen LogP contribution is 2.28. The first kappa shape index (κ1) is 9.84. The van der Waals surface area contributed by atoms with Gasteiger partial charge < -0.3 is 0 Å². The van der Waals surface area contributed by atoms with Crippen LogP contribution in [0.5, 0.6) is 0 Å². The Morgan fingerprint density at radius 1 is 1.00 bits per heavy atom. The van der Waals surface area contributed by atoms with Crippen molar-refractivity contribution >= 4 is 0 Å². The van der Waals surface area contributed by atoms with E-state index in [1.807, 2.05) is 0 Å². The lowest BCUT2D eigenvalue weighted by Crippen LogP contribution is -2.10. The number of rotatable bonds is 1. The smallest absolute Gasteiger partial charge is 0.0265 e. The van der Waals surface area contributed by atoms with Gasteiger partial charge in [0.2, 0.25) is 0 Å². The van der Waals surface area contributed by atoms with Crippen LogP contribution in [0.3, 0.4) is 0 Å². The van der Waals surface area contributed by atoms with E-state index in [1.54, 1.807) is 0 Å². The molecule has 0 saturated carbocycles. The second-order valence-electron chi connectivity index (χ2n) is 4.55. The molecule has 0 aromatic heterocycles. The normalized spacial score (nSPS) is 32.6. The Morgan fingerprint density at radius 3 is 2.93 bits per heavy atom. The zero-order chi connectivity index (χ0) is 9.64. The minimum atomic E-state index is 0.673. The van der Waals surface area contributed by atoms with Gasteiger partial charge in [-0.3, -0.25) is 0 Å². The maximum absolute atomic E-state index is 3.48. The molecule has 0 heterocycles. The third-order valence-corrected chi connectivity index (χ3v) is 3.41. The molecule has 2 aliphatic rings. The summed E-state index contributed by atoms with van der Waals surface area (Å²) in [6, 6.07) is 0. The first-order valence-corrected chi connectivity index (χ1v) is 6.12. The molecular formula is C14H20. The average Bonchev–Trinajstić information content (AvgIpc) is 2.62. The summed E-state index contributed by atoms with van der Waals surface area (Å²) in [5, 5.41) is 0. The minimum Gasteiger partial charge on any atom is -0.103 e. The van der Waals surface area contributed by atoms with Gasteiger partial charge in [-0.2, -0.15) is 0 Å². The van der Waals surface area contributed by atoms with Crippen molar-refractivity contribution in [3.8, 4) is 11.8 Å². The molecule has 0 amide bonds. The van der Waals surface area contributed by atoms with Crippen LogP contribution in [0.25, 0.3) is 0 Å². The van der Waals surface area contributed by atoms with Crippen LogP contribution in [0.2, 0.25) is 0 Å². The fourth-order valence-electron chi connectivity index (χ4n) is 2.52. The van der Waals surface area contributed by atoms with Crippen LogP contribution in [-0.2, 0) is 0 Å². The average molecular weight is 188 g/mol. The molecular weight excluding hydrogens is 168 g/mol. The van der Waals surface area contributed by atoms with Crippen molar-refractivity contribution in [2.24, 2.45) is 11.8 Å². The summed E-state index contributed by atoms with van der Waals surface area (Å²) >= 11 is 0. The van der Waals surface area contributed by atoms with E-state index in [-0.39, 0.29) is 0 Å². The van der Waals surface area contributed by atoms with E-state index in [2.05, 4.69) is 24.0 Å². The Kier molecular flexibility index (Phi) is 3.69. The molecule has 2 atom stereocenters. The predicted molar refractivity (Wildman–Crippen MR) is 60.8 cm³/mol. The van der Waals surface area contributed by atoms with E-state index < -0.39 is 0 Å². The van der Waals surface area contributed by atoms with E-state index in [1.165, 1.54) is 44.9 Å². The number of allylic oxidation sites excluding steroid dienone is 2. The van der Waals surface area contributed by atoms with E-state index in [9.17, 15) is 0 Å². The summed E-state index contributed by atoms with van der Waals surface area (Å²) < 4.78 is 0. The molecule has 2 unspecified atom stereocenters. The molecule has 0 fully saturated rings. The van der Waals surface area contributed by atoms with Gasteiger partial charge >= 0.3 is 0 Å². The molecule has 0 aromatic rings. The summed E-state index contributed by atoms with van der Waals surface area (Å²) in [6.07, 6.45) is 15.4. The molecule has 2 aliphatic carbocycles. The van der Waals surface area contributed by atoms with E-state index in [0.717, 1.165) is 12.3 Å². The van der Waals surface area contributed by atoms with Gasteiger partial charge in [0.1, 0.15) is 0 Å². The van der Waals surface area contributed by atoms with Crippen LogP contribution < -0.4 is 0 Å². The Labute approximate surface area is 87.8 Å². The van der Waals surface area contributed by atoms with Crippen molar-refractivity contribution in [3.63, 3.8) is 0 Å². The van der Waals surface area contributed by atoms with Gasteiger partial charge in [0.05, 0.1) is 0 Å². The summed E-state index contributed by atoms with van der Waals surface area (Å²) in [5.41, 5.74) is 0. The van der Waals surface area contributed by atoms with Crippen LogP contribution in [0.15, 0.2) is 12.2 Å². The molecule has 0 bridgehead atoms. The third kappa shape index (κ3) is 2.64. The first-order valence-electron chi connectivity index (χ1n) is 6.12. The molecule has 0 aliphatic heterocycles. The molecule has 0 aromatic carbocycles. The van der Waals surface area contributed by atoms with Crippen molar-refractivity contribution in [1.29, 1.82) is 0 Å². The van der Waals surface area contributed by atoms with Crippen molar-refractivity contribution in [2.75, 3.05) is 0 Å². The molecule has 0 nitrogen and oxygen atoms in total. The van der Waals surface area contributed by atoms with Crippen molar-refractivity contribution in [1.82, 2.24) is 0 Å². The molecule has 0 N–H and O–H groups in total. The fourth-order valence-corrected chi connectivity index (χ4v) is 2.52. The predicted octanol–water partition coefficient (Wildman–Crippen LogP) is 3.93. The lowest BCUT2D eigenvalue weighted by atomic mass is 9.86. The van der Waals surface area contributed by atoms with E-state index in [4.69, 9.17) is 0 Å². The van der Waals surface area contributed by atoms with Gasteiger partial charge in [-0.05, 0) is 38.0 Å².